The second-order valence-electron chi connectivity index (χ2n) is 5.59. The highest BCUT2D eigenvalue weighted by atomic mass is 32.1. The summed E-state index contributed by atoms with van der Waals surface area (Å²) in [4.78, 5) is 16.5. The zero-order chi connectivity index (χ0) is 17.6. The second kappa shape index (κ2) is 7.81. The summed E-state index contributed by atoms with van der Waals surface area (Å²) in [5, 5.41) is 18.0. The molecular formula is C19H19N3O2S. The maximum atomic E-state index is 12.1. The number of rotatable bonds is 6. The number of aromatic hydroxyl groups is 1. The van der Waals surface area contributed by atoms with Crippen LogP contribution in [0.3, 0.4) is 0 Å². The van der Waals surface area contributed by atoms with Crippen LogP contribution in [-0.4, -0.2) is 16.0 Å². The van der Waals surface area contributed by atoms with Gasteiger partial charge in [-0.15, -0.1) is 11.3 Å². The number of amides is 1. The first-order valence-electron chi connectivity index (χ1n) is 8.01. The molecular weight excluding hydrogens is 334 g/mol. The van der Waals surface area contributed by atoms with Crippen LogP contribution >= 0.6 is 11.3 Å². The van der Waals surface area contributed by atoms with Gasteiger partial charge in [-0.2, -0.15) is 0 Å². The minimum Gasteiger partial charge on any atom is -0.508 e. The molecule has 3 aromatic rings. The zero-order valence-electron chi connectivity index (χ0n) is 13.8. The van der Waals surface area contributed by atoms with Crippen LogP contribution in [0.5, 0.6) is 5.75 Å². The molecule has 0 radical (unpaired) electrons. The average molecular weight is 353 g/mol. The Labute approximate surface area is 150 Å². The molecule has 25 heavy (non-hydrogen) atoms. The van der Waals surface area contributed by atoms with Crippen LogP contribution < -0.4 is 10.6 Å². The number of carbonyl (C=O) groups is 1. The summed E-state index contributed by atoms with van der Waals surface area (Å²) >= 11 is 1.46. The van der Waals surface area contributed by atoms with Gasteiger partial charge in [0.25, 0.3) is 0 Å². The maximum absolute atomic E-state index is 12.1. The highest BCUT2D eigenvalue weighted by molar-refractivity contribution is 7.13. The Hall–Kier alpha value is -2.86. The van der Waals surface area contributed by atoms with Crippen molar-refractivity contribution in [1.82, 2.24) is 4.98 Å². The summed E-state index contributed by atoms with van der Waals surface area (Å²) in [7, 11) is 0. The predicted octanol–water partition coefficient (Wildman–Crippen LogP) is 4.34. The van der Waals surface area contributed by atoms with Crippen molar-refractivity contribution in [3.63, 3.8) is 0 Å². The van der Waals surface area contributed by atoms with Crippen LogP contribution in [0.15, 0.2) is 53.9 Å². The van der Waals surface area contributed by atoms with Crippen molar-refractivity contribution >= 4 is 33.8 Å². The topological polar surface area (TPSA) is 74.2 Å². The minimum absolute atomic E-state index is 0.118. The number of aryl methyl sites for hydroxylation is 1. The molecule has 0 aliphatic heterocycles. The van der Waals surface area contributed by atoms with E-state index < -0.39 is 0 Å². The van der Waals surface area contributed by atoms with Gasteiger partial charge in [0.1, 0.15) is 5.75 Å². The molecule has 5 nitrogen and oxygen atoms in total. The van der Waals surface area contributed by atoms with Gasteiger partial charge in [0.15, 0.2) is 5.13 Å². The molecule has 0 saturated heterocycles. The third-order valence-electron chi connectivity index (χ3n) is 3.64. The lowest BCUT2D eigenvalue weighted by atomic mass is 10.1. The number of hydrogen-bond acceptors (Lipinski definition) is 5. The number of phenolic OH excluding ortho intramolecular Hbond substituents is 1. The summed E-state index contributed by atoms with van der Waals surface area (Å²) in [6.45, 7) is 2.12. The molecule has 0 bridgehead atoms. The summed E-state index contributed by atoms with van der Waals surface area (Å²) < 4.78 is 0. The number of anilines is 3. The van der Waals surface area contributed by atoms with E-state index in [4.69, 9.17) is 0 Å². The number of thiazole rings is 1. The lowest BCUT2D eigenvalue weighted by molar-refractivity contribution is -0.115. The SMILES string of the molecule is CCc1ccc(Nc2nc(CC(=O)Nc3cccc(O)c3)cs2)cc1. The molecule has 3 N–H and O–H groups in total. The number of phenols is 1. The van der Waals surface area contributed by atoms with Crippen molar-refractivity contribution in [2.24, 2.45) is 0 Å². The normalized spacial score (nSPS) is 10.4. The summed E-state index contributed by atoms with van der Waals surface area (Å²) in [5.74, 6) is -0.0539. The van der Waals surface area contributed by atoms with Gasteiger partial charge >= 0.3 is 0 Å². The highest BCUT2D eigenvalue weighted by Gasteiger charge is 2.09. The van der Waals surface area contributed by atoms with E-state index in [1.165, 1.54) is 23.0 Å². The molecule has 0 atom stereocenters. The van der Waals surface area contributed by atoms with Gasteiger partial charge in [-0.25, -0.2) is 4.98 Å². The van der Waals surface area contributed by atoms with Crippen molar-refractivity contribution in [3.05, 3.63) is 65.2 Å². The fourth-order valence-electron chi connectivity index (χ4n) is 2.35. The van der Waals surface area contributed by atoms with Crippen molar-refractivity contribution in [2.45, 2.75) is 19.8 Å². The van der Waals surface area contributed by atoms with Gasteiger partial charge in [0, 0.05) is 22.8 Å². The number of benzene rings is 2. The number of nitrogens with zero attached hydrogens (tertiary/aromatic N) is 1. The largest absolute Gasteiger partial charge is 0.508 e. The molecule has 0 saturated carbocycles. The van der Waals surface area contributed by atoms with Crippen LogP contribution in [0.1, 0.15) is 18.2 Å². The molecule has 0 aliphatic rings. The van der Waals surface area contributed by atoms with E-state index in [-0.39, 0.29) is 18.1 Å². The van der Waals surface area contributed by atoms with E-state index in [0.29, 0.717) is 11.4 Å². The first kappa shape index (κ1) is 17.0. The molecule has 1 heterocycles. The molecule has 2 aromatic carbocycles. The van der Waals surface area contributed by atoms with Gasteiger partial charge in [-0.1, -0.05) is 25.1 Å². The summed E-state index contributed by atoms with van der Waals surface area (Å²) in [6, 6.07) is 14.7. The number of aromatic nitrogens is 1. The third kappa shape index (κ3) is 4.81. The van der Waals surface area contributed by atoms with Crippen LogP contribution in [0.4, 0.5) is 16.5 Å². The number of nitrogens with one attached hydrogen (secondary N) is 2. The Morgan fingerprint density at radius 2 is 1.96 bits per heavy atom. The highest BCUT2D eigenvalue weighted by Crippen LogP contribution is 2.22. The molecule has 0 unspecified atom stereocenters. The standard InChI is InChI=1S/C19H19N3O2S/c1-2-13-6-8-14(9-7-13)21-19-22-16(12-25-19)11-18(24)20-15-4-3-5-17(23)10-15/h3-10,12,23H,2,11H2,1H3,(H,20,24)(H,21,22). The summed E-state index contributed by atoms with van der Waals surface area (Å²) in [5.41, 5.74) is 3.53. The predicted molar refractivity (Wildman–Crippen MR) is 102 cm³/mol. The van der Waals surface area contributed by atoms with Crippen molar-refractivity contribution in [1.29, 1.82) is 0 Å². The Morgan fingerprint density at radius 1 is 1.16 bits per heavy atom. The van der Waals surface area contributed by atoms with Crippen molar-refractivity contribution in [2.75, 3.05) is 10.6 Å². The monoisotopic (exact) mass is 353 g/mol. The van der Waals surface area contributed by atoms with E-state index in [0.717, 1.165) is 17.2 Å². The maximum Gasteiger partial charge on any atom is 0.230 e. The number of hydrogen-bond donors (Lipinski definition) is 3. The Morgan fingerprint density at radius 3 is 2.68 bits per heavy atom. The number of carbonyl (C=O) groups excluding carboxylic acids is 1. The molecule has 0 aliphatic carbocycles. The fourth-order valence-corrected chi connectivity index (χ4v) is 3.08. The van der Waals surface area contributed by atoms with Crippen LogP contribution in [0.2, 0.25) is 0 Å². The van der Waals surface area contributed by atoms with E-state index in [1.54, 1.807) is 18.2 Å². The molecule has 1 aromatic heterocycles. The Kier molecular flexibility index (Phi) is 5.30. The quantitative estimate of drug-likeness (QED) is 0.616. The average Bonchev–Trinajstić information content (AvgIpc) is 3.02. The third-order valence-corrected chi connectivity index (χ3v) is 4.44. The van der Waals surface area contributed by atoms with E-state index in [9.17, 15) is 9.90 Å². The Bertz CT molecular complexity index is 859. The van der Waals surface area contributed by atoms with E-state index in [1.807, 2.05) is 17.5 Å². The molecule has 0 fully saturated rings. The van der Waals surface area contributed by atoms with E-state index in [2.05, 4.69) is 34.7 Å². The second-order valence-corrected chi connectivity index (χ2v) is 6.45. The van der Waals surface area contributed by atoms with Crippen LogP contribution in [-0.2, 0) is 17.6 Å². The van der Waals surface area contributed by atoms with Crippen molar-refractivity contribution < 1.29 is 9.90 Å². The molecule has 128 valence electrons. The zero-order valence-corrected chi connectivity index (χ0v) is 14.6. The van der Waals surface area contributed by atoms with Crippen LogP contribution in [0.25, 0.3) is 0 Å². The van der Waals surface area contributed by atoms with Gasteiger partial charge in [0.05, 0.1) is 12.1 Å². The summed E-state index contributed by atoms with van der Waals surface area (Å²) in [6.07, 6.45) is 1.19. The fraction of sp³-hybridized carbons (Fsp3) is 0.158. The van der Waals surface area contributed by atoms with E-state index >= 15 is 0 Å². The molecule has 6 heteroatoms. The molecule has 3 rings (SSSR count). The van der Waals surface area contributed by atoms with Gasteiger partial charge in [0.2, 0.25) is 5.91 Å². The Balaban J connectivity index is 1.58. The van der Waals surface area contributed by atoms with Crippen molar-refractivity contribution in [3.8, 4) is 5.75 Å². The van der Waals surface area contributed by atoms with Gasteiger partial charge < -0.3 is 15.7 Å². The van der Waals surface area contributed by atoms with Gasteiger partial charge in [-0.05, 0) is 36.2 Å². The first-order chi connectivity index (χ1) is 12.1. The molecule has 1 amide bonds. The van der Waals surface area contributed by atoms with Gasteiger partial charge in [-0.3, -0.25) is 4.79 Å². The first-order valence-corrected chi connectivity index (χ1v) is 8.89. The minimum atomic E-state index is -0.172. The lowest BCUT2D eigenvalue weighted by Crippen LogP contribution is -2.14. The lowest BCUT2D eigenvalue weighted by Gasteiger charge is -2.04. The smallest absolute Gasteiger partial charge is 0.230 e. The molecule has 0 spiro atoms. The van der Waals surface area contributed by atoms with Crippen LogP contribution in [0, 0.1) is 0 Å².